The number of carbonyl (C=O) groups is 1. The highest BCUT2D eigenvalue weighted by molar-refractivity contribution is 5.73. The molecular formula is C14H17NO. The summed E-state index contributed by atoms with van der Waals surface area (Å²) in [6.45, 7) is 2.24. The Labute approximate surface area is 96.4 Å². The number of hydrogen-bond acceptors (Lipinski definition) is 2. The maximum Gasteiger partial charge on any atom is 0.142 e. The van der Waals surface area contributed by atoms with Crippen molar-refractivity contribution in [2.24, 2.45) is 0 Å². The molecule has 0 unspecified atom stereocenters. The van der Waals surface area contributed by atoms with Crippen LogP contribution in [0.4, 0.5) is 0 Å². The van der Waals surface area contributed by atoms with Gasteiger partial charge in [-0.1, -0.05) is 30.3 Å². The Balaban J connectivity index is 2.05. The number of aldehydes is 1. The summed E-state index contributed by atoms with van der Waals surface area (Å²) >= 11 is 0. The lowest BCUT2D eigenvalue weighted by Crippen LogP contribution is -2.26. The van der Waals surface area contributed by atoms with Crippen LogP contribution in [-0.2, 0) is 4.79 Å². The Morgan fingerprint density at radius 3 is 2.44 bits per heavy atom. The van der Waals surface area contributed by atoms with Gasteiger partial charge < -0.3 is 5.32 Å². The molecule has 0 atom stereocenters. The van der Waals surface area contributed by atoms with Crippen molar-refractivity contribution in [2.45, 2.75) is 18.8 Å². The van der Waals surface area contributed by atoms with E-state index in [2.05, 4.69) is 29.6 Å². The average Bonchev–Trinajstić information content (AvgIpc) is 2.38. The molecule has 1 heterocycles. The molecule has 1 fully saturated rings. The third kappa shape index (κ3) is 2.80. The van der Waals surface area contributed by atoms with Crippen molar-refractivity contribution in [3.05, 3.63) is 41.5 Å². The number of piperidine rings is 1. The molecule has 0 spiro atoms. The number of allylic oxidation sites excluding steroid dienone is 1. The zero-order chi connectivity index (χ0) is 11.2. The first kappa shape index (κ1) is 11.1. The SMILES string of the molecule is O=CC=Cc1ccc(C2CCNCC2)cc1. The highest BCUT2D eigenvalue weighted by Gasteiger charge is 2.14. The van der Waals surface area contributed by atoms with Gasteiger partial charge in [0.25, 0.3) is 0 Å². The minimum Gasteiger partial charge on any atom is -0.317 e. The standard InChI is InChI=1S/C14H17NO/c16-11-1-2-12-3-5-13(6-4-12)14-7-9-15-10-8-14/h1-6,11,14-15H,7-10H2. The topological polar surface area (TPSA) is 29.1 Å². The lowest BCUT2D eigenvalue weighted by molar-refractivity contribution is -0.104. The van der Waals surface area contributed by atoms with Crippen molar-refractivity contribution in [1.29, 1.82) is 0 Å². The molecule has 1 aromatic rings. The molecule has 0 radical (unpaired) electrons. The molecule has 0 amide bonds. The predicted octanol–water partition coefficient (Wildman–Crippen LogP) is 2.37. The normalized spacial score (nSPS) is 17.8. The Morgan fingerprint density at radius 2 is 1.81 bits per heavy atom. The fourth-order valence-corrected chi connectivity index (χ4v) is 2.18. The van der Waals surface area contributed by atoms with Crippen LogP contribution >= 0.6 is 0 Å². The van der Waals surface area contributed by atoms with Crippen molar-refractivity contribution < 1.29 is 4.79 Å². The summed E-state index contributed by atoms with van der Waals surface area (Å²) in [7, 11) is 0. The third-order valence-electron chi connectivity index (χ3n) is 3.11. The van der Waals surface area contributed by atoms with Crippen molar-refractivity contribution >= 4 is 12.4 Å². The van der Waals surface area contributed by atoms with Gasteiger partial charge in [0.1, 0.15) is 6.29 Å². The molecule has 2 nitrogen and oxygen atoms in total. The van der Waals surface area contributed by atoms with Crippen molar-refractivity contribution in [2.75, 3.05) is 13.1 Å². The second-order valence-corrected chi connectivity index (χ2v) is 4.19. The monoisotopic (exact) mass is 215 g/mol. The van der Waals surface area contributed by atoms with Crippen LogP contribution in [0.5, 0.6) is 0 Å². The number of hydrogen-bond donors (Lipinski definition) is 1. The zero-order valence-corrected chi connectivity index (χ0v) is 9.36. The van der Waals surface area contributed by atoms with Gasteiger partial charge in [-0.3, -0.25) is 4.79 Å². The van der Waals surface area contributed by atoms with E-state index in [4.69, 9.17) is 0 Å². The van der Waals surface area contributed by atoms with Crippen LogP contribution in [0, 0.1) is 0 Å². The van der Waals surface area contributed by atoms with Crippen molar-refractivity contribution in [1.82, 2.24) is 5.32 Å². The predicted molar refractivity (Wildman–Crippen MR) is 66.4 cm³/mol. The second-order valence-electron chi connectivity index (χ2n) is 4.19. The van der Waals surface area contributed by atoms with Crippen LogP contribution in [0.2, 0.25) is 0 Å². The van der Waals surface area contributed by atoms with Gasteiger partial charge in [-0.15, -0.1) is 0 Å². The maximum atomic E-state index is 10.2. The second kappa shape index (κ2) is 5.61. The van der Waals surface area contributed by atoms with Gasteiger partial charge in [0, 0.05) is 0 Å². The van der Waals surface area contributed by atoms with E-state index in [9.17, 15) is 4.79 Å². The lowest BCUT2D eigenvalue weighted by atomic mass is 9.90. The summed E-state index contributed by atoms with van der Waals surface area (Å²) in [5.41, 5.74) is 2.51. The van der Waals surface area contributed by atoms with Crippen LogP contribution in [0.1, 0.15) is 29.9 Å². The minimum absolute atomic E-state index is 0.699. The van der Waals surface area contributed by atoms with E-state index < -0.39 is 0 Å². The van der Waals surface area contributed by atoms with Gasteiger partial charge in [0.15, 0.2) is 0 Å². The molecule has 1 saturated heterocycles. The number of nitrogens with one attached hydrogen (secondary N) is 1. The van der Waals surface area contributed by atoms with E-state index in [1.165, 1.54) is 24.5 Å². The molecule has 1 N–H and O–H groups in total. The zero-order valence-electron chi connectivity index (χ0n) is 9.36. The first-order valence-corrected chi connectivity index (χ1v) is 5.82. The average molecular weight is 215 g/mol. The first-order chi connectivity index (χ1) is 7.90. The van der Waals surface area contributed by atoms with Crippen LogP contribution in [-0.4, -0.2) is 19.4 Å². The molecule has 1 aliphatic rings. The Kier molecular flexibility index (Phi) is 3.89. The summed E-state index contributed by atoms with van der Waals surface area (Å²) in [5.74, 6) is 0.699. The van der Waals surface area contributed by atoms with E-state index in [-0.39, 0.29) is 0 Å². The smallest absolute Gasteiger partial charge is 0.142 e. The summed E-state index contributed by atoms with van der Waals surface area (Å²) in [4.78, 5) is 10.2. The van der Waals surface area contributed by atoms with Gasteiger partial charge >= 0.3 is 0 Å². The molecule has 2 rings (SSSR count). The molecule has 0 aliphatic carbocycles. The van der Waals surface area contributed by atoms with E-state index >= 15 is 0 Å². The summed E-state index contributed by atoms with van der Waals surface area (Å²) in [5, 5.41) is 3.37. The summed E-state index contributed by atoms with van der Waals surface area (Å²) < 4.78 is 0. The maximum absolute atomic E-state index is 10.2. The van der Waals surface area contributed by atoms with Crippen molar-refractivity contribution in [3.63, 3.8) is 0 Å². The largest absolute Gasteiger partial charge is 0.317 e. The number of carbonyl (C=O) groups excluding carboxylic acids is 1. The van der Waals surface area contributed by atoms with Gasteiger partial charge in [-0.05, 0) is 49.1 Å². The molecule has 1 aliphatic heterocycles. The van der Waals surface area contributed by atoms with Crippen molar-refractivity contribution in [3.8, 4) is 0 Å². The molecular weight excluding hydrogens is 198 g/mol. The Bertz CT molecular complexity index is 361. The number of benzene rings is 1. The van der Waals surface area contributed by atoms with Crippen LogP contribution < -0.4 is 5.32 Å². The Hall–Kier alpha value is -1.41. The molecule has 2 heteroatoms. The quantitative estimate of drug-likeness (QED) is 0.619. The minimum atomic E-state index is 0.699. The first-order valence-electron chi connectivity index (χ1n) is 5.82. The van der Waals surface area contributed by atoms with Gasteiger partial charge in [0.05, 0.1) is 0 Å². The summed E-state index contributed by atoms with van der Waals surface area (Å²) in [6.07, 6.45) is 6.62. The van der Waals surface area contributed by atoms with E-state index in [0.717, 1.165) is 24.9 Å². The van der Waals surface area contributed by atoms with Crippen LogP contribution in [0.15, 0.2) is 30.3 Å². The van der Waals surface area contributed by atoms with Crippen LogP contribution in [0.3, 0.4) is 0 Å². The van der Waals surface area contributed by atoms with E-state index in [1.807, 2.05) is 6.08 Å². The highest BCUT2D eigenvalue weighted by atomic mass is 16.1. The fourth-order valence-electron chi connectivity index (χ4n) is 2.18. The molecule has 0 bridgehead atoms. The fraction of sp³-hybridized carbons (Fsp3) is 0.357. The van der Waals surface area contributed by atoms with E-state index in [1.54, 1.807) is 0 Å². The molecule has 0 aromatic heterocycles. The summed E-state index contributed by atoms with van der Waals surface area (Å²) in [6, 6.07) is 8.52. The third-order valence-corrected chi connectivity index (χ3v) is 3.11. The molecule has 16 heavy (non-hydrogen) atoms. The molecule has 0 saturated carbocycles. The van der Waals surface area contributed by atoms with Crippen LogP contribution in [0.25, 0.3) is 6.08 Å². The van der Waals surface area contributed by atoms with Gasteiger partial charge in [-0.2, -0.15) is 0 Å². The lowest BCUT2D eigenvalue weighted by Gasteiger charge is -2.22. The number of rotatable bonds is 3. The Morgan fingerprint density at radius 1 is 1.12 bits per heavy atom. The van der Waals surface area contributed by atoms with Gasteiger partial charge in [-0.25, -0.2) is 0 Å². The molecule has 84 valence electrons. The molecule has 1 aromatic carbocycles. The highest BCUT2D eigenvalue weighted by Crippen LogP contribution is 2.25. The van der Waals surface area contributed by atoms with E-state index in [0.29, 0.717) is 5.92 Å². The van der Waals surface area contributed by atoms with Gasteiger partial charge in [0.2, 0.25) is 0 Å².